The molecule has 37 heavy (non-hydrogen) atoms. The Bertz CT molecular complexity index is 1350. The number of carbonyl (C=O) groups excluding carboxylic acids is 2. The molecule has 0 radical (unpaired) electrons. The quantitative estimate of drug-likeness (QED) is 0.256. The van der Waals surface area contributed by atoms with Crippen molar-refractivity contribution in [2.45, 2.75) is 46.4 Å². The summed E-state index contributed by atoms with van der Waals surface area (Å²) in [7, 11) is 0. The van der Waals surface area contributed by atoms with Crippen LogP contribution in [0.15, 0.2) is 66.5 Å². The number of pyridine rings is 1. The van der Waals surface area contributed by atoms with Crippen molar-refractivity contribution < 1.29 is 29.3 Å². The minimum atomic E-state index is -0.910. The van der Waals surface area contributed by atoms with Crippen LogP contribution in [0.4, 0.5) is 0 Å². The first-order valence-corrected chi connectivity index (χ1v) is 12.1. The molecule has 1 aromatic heterocycles. The van der Waals surface area contributed by atoms with Crippen molar-refractivity contribution in [2.24, 2.45) is 0 Å². The van der Waals surface area contributed by atoms with E-state index in [9.17, 15) is 19.8 Å². The van der Waals surface area contributed by atoms with E-state index in [0.717, 1.165) is 11.1 Å². The smallest absolute Gasteiger partial charge is 0.295 e. The standard InChI is InChI=1S/C29H30N2O6/c1-5-36-24-14-20(8-10-22(24)32)26-25(27(33)21-9-11-23(18(4)13-21)37-17(2)3)28(34)29(35)31(26)16-19-7-6-12-30-15-19/h6-15,17,26,32-33H,5,16H2,1-4H3. The number of aromatic hydroxyl groups is 1. The molecular weight excluding hydrogens is 472 g/mol. The van der Waals surface area contributed by atoms with E-state index < -0.39 is 17.7 Å². The van der Waals surface area contributed by atoms with Crippen molar-refractivity contribution in [3.63, 3.8) is 0 Å². The molecule has 4 rings (SSSR count). The molecule has 1 aliphatic heterocycles. The summed E-state index contributed by atoms with van der Waals surface area (Å²) in [5.74, 6) is -0.998. The van der Waals surface area contributed by atoms with Crippen molar-refractivity contribution in [1.82, 2.24) is 9.88 Å². The first kappa shape index (κ1) is 25.8. The number of aromatic nitrogens is 1. The second-order valence-electron chi connectivity index (χ2n) is 9.10. The highest BCUT2D eigenvalue weighted by atomic mass is 16.5. The molecule has 192 valence electrons. The summed E-state index contributed by atoms with van der Waals surface area (Å²) in [4.78, 5) is 32.1. The number of carbonyl (C=O) groups is 2. The zero-order valence-corrected chi connectivity index (χ0v) is 21.3. The van der Waals surface area contributed by atoms with Gasteiger partial charge in [0.2, 0.25) is 0 Å². The number of nitrogens with zero attached hydrogens (tertiary/aromatic N) is 2. The summed E-state index contributed by atoms with van der Waals surface area (Å²) in [6.07, 6.45) is 3.22. The molecule has 3 aromatic rings. The number of aliphatic hydroxyl groups excluding tert-OH is 1. The maximum absolute atomic E-state index is 13.3. The molecule has 1 fully saturated rings. The van der Waals surface area contributed by atoms with Gasteiger partial charge >= 0.3 is 0 Å². The molecule has 2 aromatic carbocycles. The number of amides is 1. The molecule has 8 heteroatoms. The Morgan fingerprint density at radius 3 is 2.54 bits per heavy atom. The lowest BCUT2D eigenvalue weighted by molar-refractivity contribution is -0.140. The lowest BCUT2D eigenvalue weighted by atomic mass is 9.94. The Morgan fingerprint density at radius 1 is 1.11 bits per heavy atom. The van der Waals surface area contributed by atoms with Crippen molar-refractivity contribution in [3.05, 3.63) is 88.8 Å². The molecular formula is C29H30N2O6. The Kier molecular flexibility index (Phi) is 7.47. The Balaban J connectivity index is 1.86. The SMILES string of the molecule is CCOc1cc(C2C(=C(O)c3ccc(OC(C)C)c(C)c3)C(=O)C(=O)N2Cc2cccnc2)ccc1O. The van der Waals surface area contributed by atoms with Crippen molar-refractivity contribution in [2.75, 3.05) is 6.61 Å². The van der Waals surface area contributed by atoms with Crippen LogP contribution in [-0.2, 0) is 16.1 Å². The Morgan fingerprint density at radius 2 is 1.89 bits per heavy atom. The predicted octanol–water partition coefficient (Wildman–Crippen LogP) is 4.90. The topological polar surface area (TPSA) is 109 Å². The Hall–Kier alpha value is -4.33. The number of ketones is 1. The van der Waals surface area contributed by atoms with Gasteiger partial charge in [0.15, 0.2) is 11.5 Å². The van der Waals surface area contributed by atoms with E-state index in [4.69, 9.17) is 9.47 Å². The summed E-state index contributed by atoms with van der Waals surface area (Å²) >= 11 is 0. The number of likely N-dealkylation sites (tertiary alicyclic amines) is 1. The van der Waals surface area contributed by atoms with Gasteiger partial charge in [-0.15, -0.1) is 0 Å². The van der Waals surface area contributed by atoms with E-state index in [0.29, 0.717) is 23.5 Å². The maximum atomic E-state index is 13.3. The zero-order chi connectivity index (χ0) is 26.7. The molecule has 1 amide bonds. The normalized spacial score (nSPS) is 16.9. The number of ether oxygens (including phenoxy) is 2. The molecule has 1 atom stereocenters. The van der Waals surface area contributed by atoms with Gasteiger partial charge in [0.25, 0.3) is 11.7 Å². The fourth-order valence-electron chi connectivity index (χ4n) is 4.39. The van der Waals surface area contributed by atoms with Crippen molar-refractivity contribution in [1.29, 1.82) is 0 Å². The molecule has 2 heterocycles. The van der Waals surface area contributed by atoms with Crippen LogP contribution in [0.1, 0.15) is 49.1 Å². The van der Waals surface area contributed by atoms with Gasteiger partial charge in [-0.25, -0.2) is 0 Å². The predicted molar refractivity (Wildman–Crippen MR) is 138 cm³/mol. The van der Waals surface area contributed by atoms with E-state index >= 15 is 0 Å². The third-order valence-corrected chi connectivity index (χ3v) is 6.03. The van der Waals surface area contributed by atoms with E-state index in [1.54, 1.807) is 55.7 Å². The number of Topliss-reactive ketones (excluding diaryl/α,β-unsaturated/α-hetero) is 1. The van der Waals surface area contributed by atoms with E-state index in [1.165, 1.54) is 11.0 Å². The van der Waals surface area contributed by atoms with Crippen LogP contribution < -0.4 is 9.47 Å². The van der Waals surface area contributed by atoms with Crippen LogP contribution in [0.3, 0.4) is 0 Å². The summed E-state index contributed by atoms with van der Waals surface area (Å²) in [5.41, 5.74) is 2.37. The lowest BCUT2D eigenvalue weighted by Gasteiger charge is -2.26. The van der Waals surface area contributed by atoms with Crippen LogP contribution in [0.2, 0.25) is 0 Å². The monoisotopic (exact) mass is 502 g/mol. The number of benzene rings is 2. The highest BCUT2D eigenvalue weighted by molar-refractivity contribution is 6.46. The van der Waals surface area contributed by atoms with Gasteiger partial charge in [0, 0.05) is 24.5 Å². The molecule has 1 unspecified atom stereocenters. The van der Waals surface area contributed by atoms with Gasteiger partial charge in [0.05, 0.1) is 24.3 Å². The second kappa shape index (κ2) is 10.7. The van der Waals surface area contributed by atoms with Crippen LogP contribution in [0.25, 0.3) is 5.76 Å². The minimum Gasteiger partial charge on any atom is -0.507 e. The van der Waals surface area contributed by atoms with E-state index in [-0.39, 0.29) is 35.5 Å². The van der Waals surface area contributed by atoms with E-state index in [2.05, 4.69) is 4.98 Å². The lowest BCUT2D eigenvalue weighted by Crippen LogP contribution is -2.29. The highest BCUT2D eigenvalue weighted by Crippen LogP contribution is 2.42. The van der Waals surface area contributed by atoms with Crippen LogP contribution in [0, 0.1) is 6.92 Å². The molecule has 0 bridgehead atoms. The number of phenols is 1. The molecule has 8 nitrogen and oxygen atoms in total. The number of hydrogen-bond acceptors (Lipinski definition) is 7. The third-order valence-electron chi connectivity index (χ3n) is 6.03. The molecule has 0 aliphatic carbocycles. The van der Waals surface area contributed by atoms with Gasteiger partial charge in [-0.3, -0.25) is 14.6 Å². The van der Waals surface area contributed by atoms with Crippen LogP contribution >= 0.6 is 0 Å². The summed E-state index contributed by atoms with van der Waals surface area (Å²) in [5, 5.41) is 21.6. The van der Waals surface area contributed by atoms with Crippen LogP contribution in [-0.4, -0.2) is 44.5 Å². The van der Waals surface area contributed by atoms with Gasteiger partial charge in [0.1, 0.15) is 11.5 Å². The van der Waals surface area contributed by atoms with Gasteiger partial charge in [-0.1, -0.05) is 12.1 Å². The molecule has 1 aliphatic rings. The van der Waals surface area contributed by atoms with Crippen molar-refractivity contribution in [3.8, 4) is 17.2 Å². The van der Waals surface area contributed by atoms with Crippen molar-refractivity contribution >= 4 is 17.4 Å². The van der Waals surface area contributed by atoms with Gasteiger partial charge in [-0.05, 0) is 80.8 Å². The fourth-order valence-corrected chi connectivity index (χ4v) is 4.39. The molecule has 0 saturated carbocycles. The summed E-state index contributed by atoms with van der Waals surface area (Å²) in [6, 6.07) is 12.4. The number of aryl methyl sites for hydroxylation is 1. The molecule has 2 N–H and O–H groups in total. The first-order chi connectivity index (χ1) is 17.7. The molecule has 1 saturated heterocycles. The Labute approximate surface area is 215 Å². The molecule has 0 spiro atoms. The number of aliphatic hydroxyl groups is 1. The van der Waals surface area contributed by atoms with Gasteiger partial charge in [-0.2, -0.15) is 0 Å². The number of rotatable bonds is 8. The third kappa shape index (κ3) is 5.28. The highest BCUT2D eigenvalue weighted by Gasteiger charge is 2.46. The average molecular weight is 503 g/mol. The summed E-state index contributed by atoms with van der Waals surface area (Å²) < 4.78 is 11.3. The summed E-state index contributed by atoms with van der Waals surface area (Å²) in [6.45, 7) is 7.90. The average Bonchev–Trinajstić information content (AvgIpc) is 3.11. The zero-order valence-electron chi connectivity index (χ0n) is 21.3. The van der Waals surface area contributed by atoms with Crippen LogP contribution in [0.5, 0.6) is 17.2 Å². The minimum absolute atomic E-state index is 0.0232. The second-order valence-corrected chi connectivity index (χ2v) is 9.10. The first-order valence-electron chi connectivity index (χ1n) is 12.1. The number of phenolic OH excluding ortho intramolecular Hbond substituents is 1. The fraction of sp³-hybridized carbons (Fsp3) is 0.276. The maximum Gasteiger partial charge on any atom is 0.295 e. The largest absolute Gasteiger partial charge is 0.507 e. The number of hydrogen-bond donors (Lipinski definition) is 2. The van der Waals surface area contributed by atoms with Gasteiger partial charge < -0.3 is 24.6 Å². The van der Waals surface area contributed by atoms with E-state index in [1.807, 2.05) is 26.8 Å².